The maximum atomic E-state index is 12.0. The molecule has 0 radical (unpaired) electrons. The van der Waals surface area contributed by atoms with E-state index in [0.29, 0.717) is 11.8 Å². The number of esters is 2. The second kappa shape index (κ2) is 6.22. The topological polar surface area (TPSA) is 69.7 Å². The number of ether oxygens (including phenoxy) is 2. The Hall–Kier alpha value is -1.04. The molecular formula is C12H20O5S. The van der Waals surface area contributed by atoms with Crippen molar-refractivity contribution >= 4 is 28.8 Å². The van der Waals surface area contributed by atoms with E-state index in [1.165, 1.54) is 13.8 Å². The van der Waals surface area contributed by atoms with E-state index in [4.69, 9.17) is 9.47 Å². The van der Waals surface area contributed by atoms with Crippen molar-refractivity contribution < 1.29 is 23.9 Å². The Morgan fingerprint density at radius 2 is 1.56 bits per heavy atom. The van der Waals surface area contributed by atoms with Crippen LogP contribution in [0.3, 0.4) is 0 Å². The van der Waals surface area contributed by atoms with Crippen LogP contribution in [-0.2, 0) is 23.9 Å². The van der Waals surface area contributed by atoms with Crippen molar-refractivity contribution in [2.75, 3.05) is 6.61 Å². The molecule has 0 aliphatic rings. The maximum absolute atomic E-state index is 12.0. The SMILES string of the molecule is CCOC(=O)C(C)(SC(C)=O)C(=O)OC(C)(C)C. The van der Waals surface area contributed by atoms with Gasteiger partial charge in [0.25, 0.3) is 0 Å². The number of rotatable bonds is 4. The van der Waals surface area contributed by atoms with Gasteiger partial charge in [-0.25, -0.2) is 9.59 Å². The number of hydrogen-bond acceptors (Lipinski definition) is 6. The van der Waals surface area contributed by atoms with Crippen LogP contribution in [0, 0.1) is 0 Å². The van der Waals surface area contributed by atoms with Crippen LogP contribution in [0.15, 0.2) is 0 Å². The van der Waals surface area contributed by atoms with Gasteiger partial charge in [-0.3, -0.25) is 4.79 Å². The molecule has 1 unspecified atom stereocenters. The van der Waals surface area contributed by atoms with E-state index in [1.807, 2.05) is 0 Å². The first-order valence-electron chi connectivity index (χ1n) is 5.63. The van der Waals surface area contributed by atoms with Gasteiger partial charge >= 0.3 is 11.9 Å². The van der Waals surface area contributed by atoms with Crippen LogP contribution < -0.4 is 0 Å². The highest BCUT2D eigenvalue weighted by molar-refractivity contribution is 8.15. The lowest BCUT2D eigenvalue weighted by molar-refractivity contribution is -0.165. The fourth-order valence-corrected chi connectivity index (χ4v) is 1.94. The standard InChI is InChI=1S/C12H20O5S/c1-7-16-9(14)12(6,18-8(2)13)10(15)17-11(3,4)5/h7H2,1-6H3. The first-order valence-corrected chi connectivity index (χ1v) is 6.45. The van der Waals surface area contributed by atoms with Gasteiger partial charge in [-0.15, -0.1) is 0 Å². The quantitative estimate of drug-likeness (QED) is 0.577. The molecule has 0 amide bonds. The van der Waals surface area contributed by atoms with Crippen molar-refractivity contribution in [2.45, 2.75) is 51.9 Å². The van der Waals surface area contributed by atoms with Crippen molar-refractivity contribution in [3.8, 4) is 0 Å². The first kappa shape index (κ1) is 17.0. The average molecular weight is 276 g/mol. The molecule has 0 aliphatic heterocycles. The minimum absolute atomic E-state index is 0.135. The summed E-state index contributed by atoms with van der Waals surface area (Å²) in [5, 5.41) is -0.351. The predicted octanol–water partition coefficient (Wildman–Crippen LogP) is 1.93. The van der Waals surface area contributed by atoms with Gasteiger partial charge in [-0.1, -0.05) is 11.8 Å². The molecule has 5 nitrogen and oxygen atoms in total. The lowest BCUT2D eigenvalue weighted by Crippen LogP contribution is -2.46. The third-order valence-corrected chi connectivity index (χ3v) is 2.83. The summed E-state index contributed by atoms with van der Waals surface area (Å²) in [7, 11) is 0. The Labute approximate surface area is 112 Å². The molecule has 0 aromatic rings. The molecule has 18 heavy (non-hydrogen) atoms. The van der Waals surface area contributed by atoms with Crippen molar-refractivity contribution in [3.05, 3.63) is 0 Å². The third kappa shape index (κ3) is 5.08. The van der Waals surface area contributed by atoms with Crippen molar-refractivity contribution in [1.29, 1.82) is 0 Å². The van der Waals surface area contributed by atoms with Crippen LogP contribution in [0.2, 0.25) is 0 Å². The van der Waals surface area contributed by atoms with Gasteiger partial charge in [0, 0.05) is 6.92 Å². The van der Waals surface area contributed by atoms with Gasteiger partial charge in [0.15, 0.2) is 5.12 Å². The van der Waals surface area contributed by atoms with Crippen LogP contribution >= 0.6 is 11.8 Å². The summed E-state index contributed by atoms with van der Waals surface area (Å²) in [6.45, 7) is 9.46. The molecule has 0 heterocycles. The highest BCUT2D eigenvalue weighted by Gasteiger charge is 2.47. The summed E-state index contributed by atoms with van der Waals surface area (Å²) in [5.41, 5.74) is -0.734. The second-order valence-electron chi connectivity index (χ2n) is 4.85. The van der Waals surface area contributed by atoms with E-state index in [9.17, 15) is 14.4 Å². The fraction of sp³-hybridized carbons (Fsp3) is 0.750. The smallest absolute Gasteiger partial charge is 0.334 e. The average Bonchev–Trinajstić information content (AvgIpc) is 2.13. The summed E-state index contributed by atoms with van der Waals surface area (Å²) in [6, 6.07) is 0. The van der Waals surface area contributed by atoms with Crippen LogP contribution in [0.4, 0.5) is 0 Å². The van der Waals surface area contributed by atoms with Crippen LogP contribution in [0.5, 0.6) is 0 Å². The van der Waals surface area contributed by atoms with Crippen LogP contribution in [0.1, 0.15) is 41.5 Å². The highest BCUT2D eigenvalue weighted by atomic mass is 32.2. The first-order chi connectivity index (χ1) is 8.03. The zero-order chi connectivity index (χ0) is 14.6. The number of thioether (sulfide) groups is 1. The monoisotopic (exact) mass is 276 g/mol. The molecule has 1 atom stereocenters. The summed E-state index contributed by atoms with van der Waals surface area (Å²) in [5.74, 6) is -1.53. The van der Waals surface area contributed by atoms with E-state index >= 15 is 0 Å². The molecule has 6 heteroatoms. The summed E-state index contributed by atoms with van der Waals surface area (Å²) >= 11 is 0.611. The van der Waals surface area contributed by atoms with Gasteiger partial charge in [0.2, 0.25) is 4.75 Å². The minimum atomic E-state index is -1.66. The zero-order valence-electron chi connectivity index (χ0n) is 11.7. The summed E-state index contributed by atoms with van der Waals surface area (Å²) in [6.07, 6.45) is 0. The van der Waals surface area contributed by atoms with Gasteiger partial charge in [-0.05, 0) is 34.6 Å². The summed E-state index contributed by atoms with van der Waals surface area (Å²) < 4.78 is 8.33. The van der Waals surface area contributed by atoms with Crippen LogP contribution in [-0.4, -0.2) is 34.0 Å². The normalized spacial score (nSPS) is 14.6. The van der Waals surface area contributed by atoms with Gasteiger partial charge in [0.1, 0.15) is 5.60 Å². The molecule has 0 fully saturated rings. The molecule has 0 aromatic carbocycles. The Morgan fingerprint density at radius 3 is 1.89 bits per heavy atom. The van der Waals surface area contributed by atoms with Crippen molar-refractivity contribution in [1.82, 2.24) is 0 Å². The largest absolute Gasteiger partial charge is 0.465 e. The molecule has 0 saturated heterocycles. The Balaban J connectivity index is 5.14. The lowest BCUT2D eigenvalue weighted by Gasteiger charge is -2.28. The van der Waals surface area contributed by atoms with Gasteiger partial charge in [-0.2, -0.15) is 0 Å². The van der Waals surface area contributed by atoms with E-state index in [1.54, 1.807) is 27.7 Å². The highest BCUT2D eigenvalue weighted by Crippen LogP contribution is 2.30. The summed E-state index contributed by atoms with van der Waals surface area (Å²) in [4.78, 5) is 35.1. The van der Waals surface area contributed by atoms with E-state index in [-0.39, 0.29) is 11.7 Å². The molecular weight excluding hydrogens is 256 g/mol. The number of carbonyl (C=O) groups is 3. The number of carbonyl (C=O) groups excluding carboxylic acids is 3. The minimum Gasteiger partial charge on any atom is -0.465 e. The Morgan fingerprint density at radius 1 is 1.06 bits per heavy atom. The van der Waals surface area contributed by atoms with Crippen molar-refractivity contribution in [3.63, 3.8) is 0 Å². The Bertz CT molecular complexity index is 345. The van der Waals surface area contributed by atoms with E-state index in [2.05, 4.69) is 0 Å². The van der Waals surface area contributed by atoms with E-state index in [0.717, 1.165) is 0 Å². The lowest BCUT2D eigenvalue weighted by atomic mass is 10.1. The molecule has 0 rings (SSSR count). The number of hydrogen-bond donors (Lipinski definition) is 0. The molecule has 0 N–H and O–H groups in total. The second-order valence-corrected chi connectivity index (χ2v) is 6.44. The molecule has 0 saturated carbocycles. The predicted molar refractivity (Wildman–Crippen MR) is 69.2 cm³/mol. The zero-order valence-corrected chi connectivity index (χ0v) is 12.5. The van der Waals surface area contributed by atoms with Crippen LogP contribution in [0.25, 0.3) is 0 Å². The third-order valence-electron chi connectivity index (χ3n) is 1.80. The molecule has 0 bridgehead atoms. The fourth-order valence-electron chi connectivity index (χ4n) is 1.10. The van der Waals surface area contributed by atoms with E-state index < -0.39 is 22.3 Å². The molecule has 0 aromatic heterocycles. The van der Waals surface area contributed by atoms with Gasteiger partial charge in [0.05, 0.1) is 6.61 Å². The molecule has 104 valence electrons. The maximum Gasteiger partial charge on any atom is 0.334 e. The molecule has 0 spiro atoms. The Kier molecular flexibility index (Phi) is 5.86. The van der Waals surface area contributed by atoms with Gasteiger partial charge < -0.3 is 9.47 Å². The molecule has 0 aliphatic carbocycles. The van der Waals surface area contributed by atoms with Crippen molar-refractivity contribution in [2.24, 2.45) is 0 Å².